The van der Waals surface area contributed by atoms with E-state index < -0.39 is 9.83 Å². The summed E-state index contributed by atoms with van der Waals surface area (Å²) in [5.74, 6) is -0.514. The zero-order valence-electron chi connectivity index (χ0n) is 10.5. The van der Waals surface area contributed by atoms with Crippen LogP contribution in [0.3, 0.4) is 0 Å². The lowest BCUT2D eigenvalue weighted by atomic mass is 10.2. The Morgan fingerprint density at radius 3 is 2.19 bits per heavy atom. The Morgan fingerprint density at radius 1 is 1.05 bits per heavy atom. The van der Waals surface area contributed by atoms with E-state index in [1.54, 1.807) is 54.6 Å². The fourth-order valence-electron chi connectivity index (χ4n) is 1.62. The van der Waals surface area contributed by atoms with Crippen LogP contribution in [-0.2, 0) is 0 Å². The molecule has 0 atom stereocenters. The van der Waals surface area contributed by atoms with Gasteiger partial charge >= 0.3 is 3.92 Å². The number of carbonyl (C=O) groups excluding carboxylic acids is 1. The first kappa shape index (κ1) is 16.4. The first-order valence-electron chi connectivity index (χ1n) is 5.78. The maximum atomic E-state index is 13.6. The van der Waals surface area contributed by atoms with Crippen molar-refractivity contribution in [3.63, 3.8) is 0 Å². The van der Waals surface area contributed by atoms with Gasteiger partial charge in [0, 0.05) is 11.9 Å². The number of rotatable bonds is 4. The van der Waals surface area contributed by atoms with E-state index in [4.69, 9.17) is 34.8 Å². The third-order valence-corrected chi connectivity index (χ3v) is 3.98. The minimum atomic E-state index is -2.65. The number of carbonyl (C=O) groups is 1. The van der Waals surface area contributed by atoms with Crippen molar-refractivity contribution in [1.82, 2.24) is 0 Å². The highest BCUT2D eigenvalue weighted by Gasteiger charge is 2.32. The van der Waals surface area contributed by atoms with E-state index >= 15 is 0 Å². The Morgan fingerprint density at radius 2 is 1.62 bits per heavy atom. The molecule has 0 unspecified atom stereocenters. The molecule has 2 aromatic rings. The highest BCUT2D eigenvalue weighted by molar-refractivity contribution is 8.05. The molecule has 2 nitrogen and oxygen atoms in total. The number of para-hydroxylation sites is 1. The van der Waals surface area contributed by atoms with Gasteiger partial charge < -0.3 is 0 Å². The van der Waals surface area contributed by atoms with Gasteiger partial charge in [0.05, 0.1) is 16.3 Å². The molecular weight excluding hydrogens is 356 g/mol. The molecule has 0 saturated heterocycles. The SMILES string of the molecule is O=C(c1ccccc1Cl)N(SC(F)(Cl)Cl)c1ccccc1. The number of anilines is 1. The van der Waals surface area contributed by atoms with E-state index in [2.05, 4.69) is 0 Å². The molecule has 0 saturated carbocycles. The van der Waals surface area contributed by atoms with Crippen molar-refractivity contribution < 1.29 is 9.18 Å². The highest BCUT2D eigenvalue weighted by atomic mass is 35.5. The van der Waals surface area contributed by atoms with Gasteiger partial charge in [-0.2, -0.15) is 4.39 Å². The van der Waals surface area contributed by atoms with Crippen molar-refractivity contribution in [3.05, 3.63) is 65.2 Å². The van der Waals surface area contributed by atoms with E-state index in [0.29, 0.717) is 17.6 Å². The van der Waals surface area contributed by atoms with Gasteiger partial charge in [-0.15, -0.1) is 0 Å². The predicted molar refractivity (Wildman–Crippen MR) is 87.8 cm³/mol. The van der Waals surface area contributed by atoms with E-state index in [0.717, 1.165) is 4.31 Å². The molecule has 0 heterocycles. The average molecular weight is 365 g/mol. The van der Waals surface area contributed by atoms with E-state index in [1.165, 1.54) is 0 Å². The van der Waals surface area contributed by atoms with Crippen LogP contribution in [0.1, 0.15) is 10.4 Å². The Balaban J connectivity index is 2.41. The second kappa shape index (κ2) is 6.88. The van der Waals surface area contributed by atoms with Crippen molar-refractivity contribution in [2.75, 3.05) is 4.31 Å². The van der Waals surface area contributed by atoms with Crippen LogP contribution >= 0.6 is 46.8 Å². The fraction of sp³-hybridized carbons (Fsp3) is 0.0714. The maximum Gasteiger partial charge on any atom is 0.324 e. The summed E-state index contributed by atoms with van der Waals surface area (Å²) in [4.78, 5) is 12.6. The number of amides is 1. The van der Waals surface area contributed by atoms with Gasteiger partial charge in [-0.1, -0.05) is 65.1 Å². The molecular formula is C14H9Cl3FNOS. The van der Waals surface area contributed by atoms with Gasteiger partial charge in [0.1, 0.15) is 0 Å². The van der Waals surface area contributed by atoms with E-state index in [1.807, 2.05) is 0 Å². The van der Waals surface area contributed by atoms with Crippen LogP contribution in [0, 0.1) is 0 Å². The van der Waals surface area contributed by atoms with E-state index in [-0.39, 0.29) is 10.6 Å². The van der Waals surface area contributed by atoms with Crippen LogP contribution in [0.25, 0.3) is 0 Å². The van der Waals surface area contributed by atoms with Gasteiger partial charge in [0.2, 0.25) is 0 Å². The molecule has 0 radical (unpaired) electrons. The number of hydrogen-bond donors (Lipinski definition) is 0. The Bertz CT molecular complexity index is 634. The normalized spacial score (nSPS) is 11.2. The molecule has 2 rings (SSSR count). The second-order valence-electron chi connectivity index (χ2n) is 3.95. The minimum Gasteiger partial charge on any atom is -0.268 e. The molecule has 0 aromatic heterocycles. The molecule has 2 aromatic carbocycles. The van der Waals surface area contributed by atoms with Crippen LogP contribution < -0.4 is 4.31 Å². The Kier molecular flexibility index (Phi) is 5.38. The quantitative estimate of drug-likeness (QED) is 0.513. The summed E-state index contributed by atoms with van der Waals surface area (Å²) in [5.41, 5.74) is 0.670. The molecule has 0 N–H and O–H groups in total. The third kappa shape index (κ3) is 4.51. The third-order valence-electron chi connectivity index (χ3n) is 2.47. The molecule has 0 bridgehead atoms. The standard InChI is InChI=1S/C14H9Cl3FNOS/c15-12-9-5-4-8-11(12)13(20)19(21-14(16,17)18)10-6-2-1-3-7-10/h1-9H. The van der Waals surface area contributed by atoms with Gasteiger partial charge in [0.15, 0.2) is 0 Å². The molecule has 7 heteroatoms. The summed E-state index contributed by atoms with van der Waals surface area (Å²) in [5, 5.41) is 0.262. The lowest BCUT2D eigenvalue weighted by molar-refractivity contribution is 0.101. The monoisotopic (exact) mass is 363 g/mol. The molecule has 0 aliphatic rings. The minimum absolute atomic E-state index is 0.230. The van der Waals surface area contributed by atoms with Crippen LogP contribution in [0.5, 0.6) is 0 Å². The summed E-state index contributed by atoms with van der Waals surface area (Å²) in [6.45, 7) is 0. The van der Waals surface area contributed by atoms with Gasteiger partial charge in [-0.25, -0.2) is 4.31 Å². The van der Waals surface area contributed by atoms with Crippen LogP contribution in [0.4, 0.5) is 10.1 Å². The average Bonchev–Trinajstić information content (AvgIpc) is 2.45. The first-order chi connectivity index (χ1) is 9.88. The summed E-state index contributed by atoms with van der Waals surface area (Å²) in [7, 11) is 0. The number of halogens is 4. The van der Waals surface area contributed by atoms with Crippen molar-refractivity contribution in [1.29, 1.82) is 0 Å². The number of benzene rings is 2. The maximum absolute atomic E-state index is 13.6. The van der Waals surface area contributed by atoms with E-state index in [9.17, 15) is 9.18 Å². The number of hydrogen-bond acceptors (Lipinski definition) is 2. The largest absolute Gasteiger partial charge is 0.324 e. The lowest BCUT2D eigenvalue weighted by Crippen LogP contribution is -2.27. The summed E-state index contributed by atoms with van der Waals surface area (Å²) in [6.07, 6.45) is 0. The molecule has 110 valence electrons. The summed E-state index contributed by atoms with van der Waals surface area (Å²) >= 11 is 17.1. The summed E-state index contributed by atoms with van der Waals surface area (Å²) in [6, 6.07) is 15.0. The van der Waals surface area contributed by atoms with Crippen LogP contribution in [0.2, 0.25) is 5.02 Å². The van der Waals surface area contributed by atoms with Crippen LogP contribution in [0.15, 0.2) is 54.6 Å². The molecule has 21 heavy (non-hydrogen) atoms. The summed E-state index contributed by atoms with van der Waals surface area (Å²) < 4.78 is 12.0. The molecule has 0 aliphatic carbocycles. The number of nitrogens with zero attached hydrogens (tertiary/aromatic N) is 1. The zero-order chi connectivity index (χ0) is 15.5. The van der Waals surface area contributed by atoms with Crippen molar-refractivity contribution in [2.24, 2.45) is 0 Å². The smallest absolute Gasteiger partial charge is 0.268 e. The molecule has 0 spiro atoms. The molecule has 1 amide bonds. The van der Waals surface area contributed by atoms with Gasteiger partial charge in [-0.05, 0) is 24.3 Å². The van der Waals surface area contributed by atoms with Crippen LogP contribution in [-0.4, -0.2) is 9.83 Å². The highest BCUT2D eigenvalue weighted by Crippen LogP contribution is 2.41. The molecule has 0 fully saturated rings. The first-order valence-corrected chi connectivity index (χ1v) is 7.69. The Labute approximate surface area is 140 Å². The molecule has 0 aliphatic heterocycles. The van der Waals surface area contributed by atoms with Gasteiger partial charge in [0.25, 0.3) is 5.91 Å². The van der Waals surface area contributed by atoms with Crippen molar-refractivity contribution in [3.8, 4) is 0 Å². The van der Waals surface area contributed by atoms with Crippen molar-refractivity contribution >= 4 is 58.3 Å². The fourth-order valence-corrected chi connectivity index (χ4v) is 2.87. The second-order valence-corrected chi connectivity index (χ2v) is 7.15. The Hall–Kier alpha value is -0.940. The predicted octanol–water partition coefficient (Wildman–Crippen LogP) is 5.69. The number of alkyl halides is 3. The van der Waals surface area contributed by atoms with Crippen molar-refractivity contribution in [2.45, 2.75) is 3.92 Å². The van der Waals surface area contributed by atoms with Gasteiger partial charge in [-0.3, -0.25) is 4.79 Å². The topological polar surface area (TPSA) is 20.3 Å². The lowest BCUT2D eigenvalue weighted by Gasteiger charge is -2.24. The zero-order valence-corrected chi connectivity index (χ0v) is 13.6.